The summed E-state index contributed by atoms with van der Waals surface area (Å²) in [6.07, 6.45) is 3.39. The number of nitrogens with one attached hydrogen (secondary N) is 1. The Morgan fingerprint density at radius 3 is 2.50 bits per heavy atom. The minimum Gasteiger partial charge on any atom is -0.504 e. The number of likely N-dealkylation sites (N-methyl/N-ethyl adjacent to an activating group) is 1. The first-order chi connectivity index (χ1) is 22.3. The minimum absolute atomic E-state index is 0.0177. The zero-order chi connectivity index (χ0) is 33.1. The average Bonchev–Trinajstić information content (AvgIpc) is 3.04. The van der Waals surface area contributed by atoms with Gasteiger partial charge in [-0.15, -0.1) is 0 Å². The van der Waals surface area contributed by atoms with Crippen molar-refractivity contribution in [1.82, 2.24) is 10.3 Å². The highest BCUT2D eigenvalue weighted by molar-refractivity contribution is 5.53. The third-order valence-electron chi connectivity index (χ3n) is 8.36. The number of methoxy groups -OCH3 is 1. The Labute approximate surface area is 269 Å². The van der Waals surface area contributed by atoms with Gasteiger partial charge in [-0.25, -0.2) is 4.98 Å². The highest BCUT2D eigenvalue weighted by atomic mass is 16.6. The van der Waals surface area contributed by atoms with Gasteiger partial charge >= 0.3 is 0 Å². The van der Waals surface area contributed by atoms with Crippen molar-refractivity contribution in [3.63, 3.8) is 0 Å². The number of rotatable bonds is 17. The number of nitrogens with two attached hydrogens (primary N) is 1. The van der Waals surface area contributed by atoms with Crippen LogP contribution in [0.15, 0.2) is 48.7 Å². The van der Waals surface area contributed by atoms with Crippen molar-refractivity contribution >= 4 is 5.82 Å². The van der Waals surface area contributed by atoms with Crippen LogP contribution in [0.2, 0.25) is 0 Å². The molecule has 1 fully saturated rings. The van der Waals surface area contributed by atoms with Crippen LogP contribution in [0.5, 0.6) is 28.7 Å². The summed E-state index contributed by atoms with van der Waals surface area (Å²) in [5, 5.41) is 54.5. The molecule has 5 unspecified atom stereocenters. The lowest BCUT2D eigenvalue weighted by Gasteiger charge is -2.40. The highest BCUT2D eigenvalue weighted by Crippen LogP contribution is 2.45. The van der Waals surface area contributed by atoms with E-state index in [1.54, 1.807) is 30.5 Å². The summed E-state index contributed by atoms with van der Waals surface area (Å²) in [5.74, 6) is 0.502. The molecule has 0 saturated carbocycles. The van der Waals surface area contributed by atoms with Crippen LogP contribution < -0.4 is 25.3 Å². The number of nitrogens with zero attached hydrogens (tertiary/aromatic N) is 1. The van der Waals surface area contributed by atoms with Crippen molar-refractivity contribution in [3.8, 4) is 28.7 Å². The molecule has 1 aromatic heterocycles. The summed E-state index contributed by atoms with van der Waals surface area (Å²) in [6.45, 7) is 2.35. The van der Waals surface area contributed by atoms with Crippen molar-refractivity contribution in [1.29, 1.82) is 0 Å². The lowest BCUT2D eigenvalue weighted by Crippen LogP contribution is -2.40. The zero-order valence-electron chi connectivity index (χ0n) is 26.5. The van der Waals surface area contributed by atoms with Gasteiger partial charge in [0.2, 0.25) is 5.75 Å². The molecule has 5 atom stereocenters. The van der Waals surface area contributed by atoms with Gasteiger partial charge in [0.15, 0.2) is 29.8 Å². The molecule has 12 heteroatoms. The first-order valence-corrected chi connectivity index (χ1v) is 15.7. The van der Waals surface area contributed by atoms with Crippen molar-refractivity contribution in [2.75, 3.05) is 39.4 Å². The molecule has 0 aliphatic carbocycles. The van der Waals surface area contributed by atoms with Crippen molar-refractivity contribution < 1.29 is 44.5 Å². The van der Waals surface area contributed by atoms with Gasteiger partial charge in [0.05, 0.1) is 25.4 Å². The van der Waals surface area contributed by atoms with E-state index in [1.165, 1.54) is 13.2 Å². The van der Waals surface area contributed by atoms with Gasteiger partial charge in [0.1, 0.15) is 12.4 Å². The molecule has 0 amide bonds. The van der Waals surface area contributed by atoms with E-state index >= 15 is 0 Å². The number of aryl methyl sites for hydroxylation is 2. The molecule has 2 heterocycles. The van der Waals surface area contributed by atoms with Crippen molar-refractivity contribution in [3.05, 3.63) is 65.4 Å². The summed E-state index contributed by atoms with van der Waals surface area (Å²) < 4.78 is 23.3. The van der Waals surface area contributed by atoms with Crippen LogP contribution in [-0.2, 0) is 17.6 Å². The number of aliphatic hydroxyl groups excluding tert-OH is 3. The van der Waals surface area contributed by atoms with Gasteiger partial charge in [0.25, 0.3) is 0 Å². The van der Waals surface area contributed by atoms with Crippen LogP contribution in [0.25, 0.3) is 0 Å². The Hall–Kier alpha value is -3.81. The number of ether oxygens (including phenoxy) is 4. The third kappa shape index (κ3) is 9.36. The van der Waals surface area contributed by atoms with E-state index in [0.29, 0.717) is 37.1 Å². The topological polar surface area (TPSA) is 189 Å². The summed E-state index contributed by atoms with van der Waals surface area (Å²) in [6, 6.07) is 12.1. The maximum absolute atomic E-state index is 11.2. The number of phenolic OH excluding ortho intramolecular Hbond substituents is 2. The van der Waals surface area contributed by atoms with E-state index in [0.717, 1.165) is 30.5 Å². The Kier molecular flexibility index (Phi) is 13.1. The molecule has 46 heavy (non-hydrogen) atoms. The van der Waals surface area contributed by atoms with Crippen molar-refractivity contribution in [2.24, 2.45) is 5.92 Å². The second kappa shape index (κ2) is 17.2. The number of benzene rings is 2. The van der Waals surface area contributed by atoms with Gasteiger partial charge in [-0.05, 0) is 98.2 Å². The summed E-state index contributed by atoms with van der Waals surface area (Å²) >= 11 is 0. The number of pyridine rings is 1. The van der Waals surface area contributed by atoms with E-state index in [2.05, 4.69) is 10.3 Å². The Morgan fingerprint density at radius 1 is 1.00 bits per heavy atom. The number of anilines is 1. The maximum Gasteiger partial charge on any atom is 0.200 e. The average molecular weight is 642 g/mol. The molecular weight excluding hydrogens is 594 g/mol. The fourth-order valence-electron chi connectivity index (χ4n) is 5.99. The first kappa shape index (κ1) is 35.1. The Balaban J connectivity index is 1.51. The molecular formula is C34H47N3O9. The molecule has 252 valence electrons. The third-order valence-corrected chi connectivity index (χ3v) is 8.36. The zero-order valence-corrected chi connectivity index (χ0v) is 26.5. The first-order valence-electron chi connectivity index (χ1n) is 15.7. The number of phenols is 2. The smallest absolute Gasteiger partial charge is 0.200 e. The molecule has 4 rings (SSSR count). The number of hydrogen-bond acceptors (Lipinski definition) is 12. The number of aromatic hydroxyl groups is 2. The fraction of sp³-hybridized carbons (Fsp3) is 0.500. The standard InChI is InChI=1S/C34H47N3O9/c1-3-36-24(7-4-22-10-12-37-32(35)15-22)19-44-31-17-23(16-30(43-2)33(31)42)34-26(11-13-38)28(41)18-25(46-34)8-5-21-6-9-27(40)29(14-21)45-20-39/h6,9-10,12,14-17,24-26,28,34,36,38-42H,3-5,7-8,11,13,18-20H2,1-2H3,(H2,35,37). The monoisotopic (exact) mass is 641 g/mol. The molecule has 12 nitrogen and oxygen atoms in total. The summed E-state index contributed by atoms with van der Waals surface area (Å²) in [7, 11) is 1.46. The molecule has 2 aromatic carbocycles. The molecule has 0 radical (unpaired) electrons. The van der Waals surface area contributed by atoms with Crippen LogP contribution in [0.1, 0.15) is 55.4 Å². The van der Waals surface area contributed by atoms with E-state index < -0.39 is 24.9 Å². The highest BCUT2D eigenvalue weighted by Gasteiger charge is 2.39. The summed E-state index contributed by atoms with van der Waals surface area (Å²) in [4.78, 5) is 4.05. The molecule has 3 aromatic rings. The number of nitrogen functional groups attached to an aromatic ring is 1. The molecule has 8 N–H and O–H groups in total. The largest absolute Gasteiger partial charge is 0.504 e. The van der Waals surface area contributed by atoms with E-state index in [1.807, 2.05) is 19.1 Å². The number of hydrogen-bond donors (Lipinski definition) is 7. The van der Waals surface area contributed by atoms with Crippen LogP contribution in [0.4, 0.5) is 5.82 Å². The number of aliphatic hydroxyl groups is 3. The van der Waals surface area contributed by atoms with Crippen LogP contribution in [0, 0.1) is 5.92 Å². The van der Waals surface area contributed by atoms with Crippen LogP contribution >= 0.6 is 0 Å². The molecule has 1 saturated heterocycles. The lowest BCUT2D eigenvalue weighted by molar-refractivity contribution is -0.144. The lowest BCUT2D eigenvalue weighted by atomic mass is 9.82. The van der Waals surface area contributed by atoms with Crippen LogP contribution in [0.3, 0.4) is 0 Å². The Morgan fingerprint density at radius 2 is 1.78 bits per heavy atom. The Bertz CT molecular complexity index is 1390. The fourth-order valence-corrected chi connectivity index (χ4v) is 5.99. The van der Waals surface area contributed by atoms with Gasteiger partial charge in [-0.2, -0.15) is 0 Å². The van der Waals surface area contributed by atoms with E-state index in [9.17, 15) is 20.4 Å². The van der Waals surface area contributed by atoms with E-state index in [4.69, 9.17) is 29.8 Å². The van der Waals surface area contributed by atoms with Gasteiger partial charge in [0, 0.05) is 24.8 Å². The maximum atomic E-state index is 11.2. The second-order valence-electron chi connectivity index (χ2n) is 11.5. The molecule has 0 spiro atoms. The van der Waals surface area contributed by atoms with Gasteiger partial charge in [-0.3, -0.25) is 0 Å². The molecule has 1 aliphatic heterocycles. The van der Waals surface area contributed by atoms with Gasteiger partial charge in [-0.1, -0.05) is 13.0 Å². The molecule has 0 bridgehead atoms. The predicted octanol–water partition coefficient (Wildman–Crippen LogP) is 3.22. The molecule has 1 aliphatic rings. The minimum atomic E-state index is -0.742. The quantitative estimate of drug-likeness (QED) is 0.107. The van der Waals surface area contributed by atoms with Crippen molar-refractivity contribution in [2.45, 2.75) is 69.8 Å². The van der Waals surface area contributed by atoms with E-state index in [-0.39, 0.29) is 54.1 Å². The second-order valence-corrected chi connectivity index (χ2v) is 11.5. The summed E-state index contributed by atoms with van der Waals surface area (Å²) in [5.41, 5.74) is 8.44. The van der Waals surface area contributed by atoms with Gasteiger partial charge < -0.3 is 55.5 Å². The number of aromatic nitrogens is 1. The SMILES string of the molecule is CCNC(CCc1ccnc(N)c1)COc1cc(C2OC(CCc3ccc(O)c(OCO)c3)CC(O)C2CCO)cc(OC)c1O. The van der Waals surface area contributed by atoms with Crippen LogP contribution in [-0.4, -0.2) is 82.4 Å². The normalized spacial score (nSPS) is 20.3. The predicted molar refractivity (Wildman–Crippen MR) is 172 cm³/mol.